The van der Waals surface area contributed by atoms with Crippen molar-refractivity contribution in [3.63, 3.8) is 0 Å². The van der Waals surface area contributed by atoms with Gasteiger partial charge in [0.05, 0.1) is 12.3 Å². The largest absolute Gasteiger partial charge is 0.494 e. The number of rotatable bonds is 9. The van der Waals surface area contributed by atoms with Crippen LogP contribution in [0.5, 0.6) is 11.5 Å². The Labute approximate surface area is 194 Å². The van der Waals surface area contributed by atoms with Crippen molar-refractivity contribution >= 4 is 23.2 Å². The van der Waals surface area contributed by atoms with E-state index in [9.17, 15) is 9.59 Å². The van der Waals surface area contributed by atoms with E-state index in [0.29, 0.717) is 49.5 Å². The van der Waals surface area contributed by atoms with Crippen molar-refractivity contribution < 1.29 is 19.1 Å². The first-order valence-corrected chi connectivity index (χ1v) is 11.2. The molecule has 3 aromatic carbocycles. The fourth-order valence-corrected chi connectivity index (χ4v) is 3.77. The molecule has 0 aromatic heterocycles. The van der Waals surface area contributed by atoms with Crippen LogP contribution in [0.4, 0.5) is 11.4 Å². The summed E-state index contributed by atoms with van der Waals surface area (Å²) in [7, 11) is 0. The maximum absolute atomic E-state index is 12.5. The lowest BCUT2D eigenvalue weighted by Gasteiger charge is -2.30. The highest BCUT2D eigenvalue weighted by atomic mass is 16.5. The van der Waals surface area contributed by atoms with E-state index < -0.39 is 0 Å². The molecule has 4 rings (SSSR count). The Bertz CT molecular complexity index is 1110. The predicted molar refractivity (Wildman–Crippen MR) is 129 cm³/mol. The summed E-state index contributed by atoms with van der Waals surface area (Å²) in [6.07, 6.45) is 1.73. The van der Waals surface area contributed by atoms with Gasteiger partial charge in [-0.05, 0) is 61.2 Å². The molecule has 33 heavy (non-hydrogen) atoms. The first-order chi connectivity index (χ1) is 16.1. The van der Waals surface area contributed by atoms with E-state index in [1.807, 2.05) is 61.5 Å². The molecule has 170 valence electrons. The number of hydrogen-bond acceptors (Lipinski definition) is 4. The van der Waals surface area contributed by atoms with Gasteiger partial charge in [-0.25, -0.2) is 0 Å². The van der Waals surface area contributed by atoms with Gasteiger partial charge < -0.3 is 19.7 Å². The highest BCUT2D eigenvalue weighted by molar-refractivity contribution is 5.99. The topological polar surface area (TPSA) is 67.9 Å². The van der Waals surface area contributed by atoms with Crippen LogP contribution < -0.4 is 19.7 Å². The number of carbonyl (C=O) groups is 2. The Morgan fingerprint density at radius 1 is 1.06 bits per heavy atom. The molecule has 1 aliphatic heterocycles. The van der Waals surface area contributed by atoms with Crippen molar-refractivity contribution in [1.82, 2.24) is 0 Å². The van der Waals surface area contributed by atoms with Gasteiger partial charge in [0.2, 0.25) is 5.91 Å². The summed E-state index contributed by atoms with van der Waals surface area (Å²) in [4.78, 5) is 26.7. The van der Waals surface area contributed by atoms with Gasteiger partial charge in [-0.1, -0.05) is 42.5 Å². The van der Waals surface area contributed by atoms with Crippen LogP contribution in [0.3, 0.4) is 0 Å². The quantitative estimate of drug-likeness (QED) is 0.483. The second kappa shape index (κ2) is 10.7. The Morgan fingerprint density at radius 3 is 2.73 bits per heavy atom. The molecule has 0 saturated carbocycles. The number of anilines is 2. The van der Waals surface area contributed by atoms with E-state index in [1.165, 1.54) is 0 Å². The zero-order chi connectivity index (χ0) is 23.0. The minimum absolute atomic E-state index is 0.00845. The lowest BCUT2D eigenvalue weighted by molar-refractivity contribution is -0.121. The van der Waals surface area contributed by atoms with Crippen LogP contribution in [-0.2, 0) is 16.0 Å². The van der Waals surface area contributed by atoms with Crippen LogP contribution in [0.1, 0.15) is 24.0 Å². The predicted octanol–water partition coefficient (Wildman–Crippen LogP) is 4.76. The average molecular weight is 445 g/mol. The van der Waals surface area contributed by atoms with E-state index in [0.717, 1.165) is 16.9 Å². The molecule has 6 nitrogen and oxygen atoms in total. The number of aryl methyl sites for hydroxylation is 2. The smallest absolute Gasteiger partial charge is 0.265 e. The van der Waals surface area contributed by atoms with Crippen LogP contribution in [0, 0.1) is 6.92 Å². The zero-order valence-electron chi connectivity index (χ0n) is 18.8. The molecule has 6 heteroatoms. The summed E-state index contributed by atoms with van der Waals surface area (Å²) in [5, 5.41) is 2.93. The normalized spacial score (nSPS) is 12.6. The standard InChI is InChI=1S/C27H28N2O4/c1-20-7-5-10-23(17-20)32-16-6-15-29-24-18-22(12-13-25(24)33-19-27(29)31)28-26(30)14-11-21-8-3-2-4-9-21/h2-5,7-10,12-13,17-18H,6,11,14-16,19H2,1H3,(H,28,30). The van der Waals surface area contributed by atoms with E-state index in [2.05, 4.69) is 5.32 Å². The van der Waals surface area contributed by atoms with Crippen molar-refractivity contribution in [2.45, 2.75) is 26.2 Å². The Kier molecular flexibility index (Phi) is 7.25. The Balaban J connectivity index is 1.35. The van der Waals surface area contributed by atoms with Gasteiger partial charge in [0.1, 0.15) is 11.5 Å². The molecule has 0 bridgehead atoms. The number of hydrogen-bond donors (Lipinski definition) is 1. The lowest BCUT2D eigenvalue weighted by atomic mass is 10.1. The molecule has 3 aromatic rings. The molecular weight excluding hydrogens is 416 g/mol. The number of ether oxygens (including phenoxy) is 2. The number of nitrogens with one attached hydrogen (secondary N) is 1. The first-order valence-electron chi connectivity index (χ1n) is 11.2. The molecular formula is C27H28N2O4. The van der Waals surface area contributed by atoms with Gasteiger partial charge >= 0.3 is 0 Å². The first kappa shape index (κ1) is 22.4. The molecule has 0 aliphatic carbocycles. The van der Waals surface area contributed by atoms with E-state index in [4.69, 9.17) is 9.47 Å². The minimum atomic E-state index is -0.106. The number of fused-ring (bicyclic) bond motifs is 1. The van der Waals surface area contributed by atoms with Crippen molar-refractivity contribution in [3.05, 3.63) is 83.9 Å². The third-order valence-electron chi connectivity index (χ3n) is 5.45. The van der Waals surface area contributed by atoms with Crippen molar-refractivity contribution in [2.75, 3.05) is 30.0 Å². The molecule has 0 spiro atoms. The lowest BCUT2D eigenvalue weighted by Crippen LogP contribution is -2.39. The summed E-state index contributed by atoms with van der Waals surface area (Å²) in [5.41, 5.74) is 3.58. The van der Waals surface area contributed by atoms with Crippen LogP contribution >= 0.6 is 0 Å². The molecule has 0 radical (unpaired) electrons. The van der Waals surface area contributed by atoms with E-state index in [-0.39, 0.29) is 18.4 Å². The van der Waals surface area contributed by atoms with Crippen LogP contribution in [0.25, 0.3) is 0 Å². The number of nitrogens with zero attached hydrogens (tertiary/aromatic N) is 1. The number of carbonyl (C=O) groups excluding carboxylic acids is 2. The molecule has 1 heterocycles. The minimum Gasteiger partial charge on any atom is -0.494 e. The van der Waals surface area contributed by atoms with Crippen LogP contribution in [0.2, 0.25) is 0 Å². The van der Waals surface area contributed by atoms with Crippen LogP contribution in [-0.4, -0.2) is 31.6 Å². The monoisotopic (exact) mass is 444 g/mol. The molecule has 0 unspecified atom stereocenters. The third kappa shape index (κ3) is 6.13. The van der Waals surface area contributed by atoms with Gasteiger partial charge in [0, 0.05) is 18.7 Å². The van der Waals surface area contributed by atoms with E-state index >= 15 is 0 Å². The summed E-state index contributed by atoms with van der Waals surface area (Å²) in [6.45, 7) is 3.04. The zero-order valence-corrected chi connectivity index (χ0v) is 18.8. The van der Waals surface area contributed by atoms with Gasteiger partial charge in [-0.15, -0.1) is 0 Å². The summed E-state index contributed by atoms with van der Waals surface area (Å²) in [6, 6.07) is 23.2. The highest BCUT2D eigenvalue weighted by Gasteiger charge is 2.25. The molecule has 0 fully saturated rings. The Hall–Kier alpha value is -3.80. The molecule has 0 atom stereocenters. The second-order valence-electron chi connectivity index (χ2n) is 8.07. The molecule has 1 aliphatic rings. The molecule has 2 amide bonds. The highest BCUT2D eigenvalue weighted by Crippen LogP contribution is 2.34. The summed E-state index contributed by atoms with van der Waals surface area (Å²) >= 11 is 0. The average Bonchev–Trinajstić information content (AvgIpc) is 2.82. The van der Waals surface area contributed by atoms with Crippen molar-refractivity contribution in [3.8, 4) is 11.5 Å². The fraction of sp³-hybridized carbons (Fsp3) is 0.259. The maximum atomic E-state index is 12.5. The van der Waals surface area contributed by atoms with Gasteiger partial charge in [0.15, 0.2) is 6.61 Å². The second-order valence-corrected chi connectivity index (χ2v) is 8.07. The SMILES string of the molecule is Cc1cccc(OCCCN2C(=O)COc3ccc(NC(=O)CCc4ccccc4)cc32)c1. The van der Waals surface area contributed by atoms with Crippen molar-refractivity contribution in [2.24, 2.45) is 0 Å². The number of benzene rings is 3. The van der Waals surface area contributed by atoms with Gasteiger partial charge in [0.25, 0.3) is 5.91 Å². The summed E-state index contributed by atoms with van der Waals surface area (Å²) < 4.78 is 11.4. The maximum Gasteiger partial charge on any atom is 0.265 e. The Morgan fingerprint density at radius 2 is 1.91 bits per heavy atom. The van der Waals surface area contributed by atoms with Gasteiger partial charge in [-0.3, -0.25) is 9.59 Å². The van der Waals surface area contributed by atoms with Crippen molar-refractivity contribution in [1.29, 1.82) is 0 Å². The van der Waals surface area contributed by atoms with Crippen LogP contribution in [0.15, 0.2) is 72.8 Å². The summed E-state index contributed by atoms with van der Waals surface area (Å²) in [5.74, 6) is 1.28. The van der Waals surface area contributed by atoms with Gasteiger partial charge in [-0.2, -0.15) is 0 Å². The molecule has 1 N–H and O–H groups in total. The number of amides is 2. The molecule has 0 saturated heterocycles. The third-order valence-corrected chi connectivity index (χ3v) is 5.45. The van der Waals surface area contributed by atoms with E-state index in [1.54, 1.807) is 23.1 Å². The fourth-order valence-electron chi connectivity index (χ4n) is 3.77.